The molecule has 1 fully saturated rings. The summed E-state index contributed by atoms with van der Waals surface area (Å²) >= 11 is 0. The standard InChI is InChI=1S/C25H22N2O2/c1-29-20-10-8-17(9-11-20)19-12-14-27(16-19)25(28)23-15-18-5-2-3-6-21(18)22-7-4-13-26-24(22)23/h2-11,13,15,19H,12,14,16H2,1H3. The lowest BCUT2D eigenvalue weighted by atomic mass is 9.98. The number of methoxy groups -OCH3 is 1. The molecule has 0 radical (unpaired) electrons. The zero-order chi connectivity index (χ0) is 19.8. The van der Waals surface area contributed by atoms with Gasteiger partial charge in [0.05, 0.1) is 18.2 Å². The number of aromatic nitrogens is 1. The van der Waals surface area contributed by atoms with Gasteiger partial charge in [0, 0.05) is 30.6 Å². The second kappa shape index (κ2) is 7.21. The molecule has 4 aromatic rings. The molecule has 0 bridgehead atoms. The van der Waals surface area contributed by atoms with Crippen LogP contribution in [0.25, 0.3) is 21.7 Å². The monoisotopic (exact) mass is 382 g/mol. The number of carbonyl (C=O) groups is 1. The summed E-state index contributed by atoms with van der Waals surface area (Å²) in [7, 11) is 1.67. The van der Waals surface area contributed by atoms with Crippen molar-refractivity contribution in [3.63, 3.8) is 0 Å². The van der Waals surface area contributed by atoms with Crippen LogP contribution in [0.5, 0.6) is 5.75 Å². The topological polar surface area (TPSA) is 42.4 Å². The minimum absolute atomic E-state index is 0.0652. The van der Waals surface area contributed by atoms with Gasteiger partial charge in [-0.1, -0.05) is 42.5 Å². The predicted octanol–water partition coefficient (Wildman–Crippen LogP) is 5.03. The molecule has 29 heavy (non-hydrogen) atoms. The number of fused-ring (bicyclic) bond motifs is 3. The molecule has 4 nitrogen and oxygen atoms in total. The Balaban J connectivity index is 1.48. The molecular weight excluding hydrogens is 360 g/mol. The summed E-state index contributed by atoms with van der Waals surface area (Å²) < 4.78 is 5.25. The lowest BCUT2D eigenvalue weighted by Crippen LogP contribution is -2.28. The number of nitrogens with zero attached hydrogens (tertiary/aromatic N) is 2. The third-order valence-electron chi connectivity index (χ3n) is 5.91. The molecule has 1 atom stereocenters. The molecule has 3 aromatic carbocycles. The van der Waals surface area contributed by atoms with Crippen molar-refractivity contribution in [1.82, 2.24) is 9.88 Å². The van der Waals surface area contributed by atoms with E-state index >= 15 is 0 Å². The first kappa shape index (κ1) is 17.7. The van der Waals surface area contributed by atoms with Gasteiger partial charge in [-0.3, -0.25) is 9.78 Å². The molecule has 0 spiro atoms. The Morgan fingerprint density at radius 3 is 2.66 bits per heavy atom. The van der Waals surface area contributed by atoms with Crippen molar-refractivity contribution in [2.24, 2.45) is 0 Å². The van der Waals surface area contributed by atoms with E-state index in [1.54, 1.807) is 13.3 Å². The maximum atomic E-state index is 13.4. The Morgan fingerprint density at radius 1 is 1.03 bits per heavy atom. The fraction of sp³-hybridized carbons (Fsp3) is 0.200. The largest absolute Gasteiger partial charge is 0.497 e. The van der Waals surface area contributed by atoms with E-state index in [9.17, 15) is 4.79 Å². The Hall–Kier alpha value is -3.40. The van der Waals surface area contributed by atoms with Gasteiger partial charge < -0.3 is 9.64 Å². The van der Waals surface area contributed by atoms with Crippen LogP contribution in [0.3, 0.4) is 0 Å². The number of hydrogen-bond donors (Lipinski definition) is 0. The number of carbonyl (C=O) groups excluding carboxylic acids is 1. The van der Waals surface area contributed by atoms with E-state index in [0.717, 1.165) is 46.9 Å². The lowest BCUT2D eigenvalue weighted by molar-refractivity contribution is 0.0792. The fourth-order valence-corrected chi connectivity index (χ4v) is 4.36. The molecule has 5 rings (SSSR count). The second-order valence-corrected chi connectivity index (χ2v) is 7.55. The zero-order valence-electron chi connectivity index (χ0n) is 16.3. The number of hydrogen-bond acceptors (Lipinski definition) is 3. The van der Waals surface area contributed by atoms with E-state index in [1.165, 1.54) is 5.56 Å². The van der Waals surface area contributed by atoms with Crippen molar-refractivity contribution in [3.05, 3.63) is 84.1 Å². The van der Waals surface area contributed by atoms with Gasteiger partial charge in [0.2, 0.25) is 0 Å². The normalized spacial score (nSPS) is 16.4. The third kappa shape index (κ3) is 3.11. The second-order valence-electron chi connectivity index (χ2n) is 7.55. The van der Waals surface area contributed by atoms with E-state index in [-0.39, 0.29) is 5.91 Å². The van der Waals surface area contributed by atoms with Crippen LogP contribution < -0.4 is 4.74 Å². The van der Waals surface area contributed by atoms with Gasteiger partial charge in [0.15, 0.2) is 0 Å². The van der Waals surface area contributed by atoms with E-state index in [4.69, 9.17) is 4.74 Å². The number of ether oxygens (including phenoxy) is 1. The molecule has 1 aliphatic rings. The van der Waals surface area contributed by atoms with Crippen LogP contribution in [0.1, 0.15) is 28.3 Å². The molecule has 1 saturated heterocycles. The van der Waals surface area contributed by atoms with Crippen LogP contribution in [0.2, 0.25) is 0 Å². The summed E-state index contributed by atoms with van der Waals surface area (Å²) in [6, 6.07) is 22.3. The minimum atomic E-state index is 0.0652. The van der Waals surface area contributed by atoms with Gasteiger partial charge in [0.25, 0.3) is 5.91 Å². The summed E-state index contributed by atoms with van der Waals surface area (Å²) in [5.41, 5.74) is 2.72. The highest BCUT2D eigenvalue weighted by Crippen LogP contribution is 2.32. The van der Waals surface area contributed by atoms with Crippen LogP contribution in [0, 0.1) is 0 Å². The minimum Gasteiger partial charge on any atom is -0.497 e. The van der Waals surface area contributed by atoms with Crippen molar-refractivity contribution in [2.45, 2.75) is 12.3 Å². The fourth-order valence-electron chi connectivity index (χ4n) is 4.36. The molecule has 0 N–H and O–H groups in total. The number of amides is 1. The first-order valence-electron chi connectivity index (χ1n) is 9.94. The van der Waals surface area contributed by atoms with Crippen LogP contribution in [0.15, 0.2) is 72.9 Å². The molecular formula is C25H22N2O2. The van der Waals surface area contributed by atoms with Crippen molar-refractivity contribution < 1.29 is 9.53 Å². The number of benzene rings is 3. The summed E-state index contributed by atoms with van der Waals surface area (Å²) in [5, 5.41) is 3.23. The molecule has 1 aliphatic heterocycles. The SMILES string of the molecule is COc1ccc(C2CCN(C(=O)c3cc4ccccc4c4cccnc34)C2)cc1. The zero-order valence-corrected chi connectivity index (χ0v) is 16.3. The van der Waals surface area contributed by atoms with Crippen molar-refractivity contribution >= 4 is 27.6 Å². The highest BCUT2D eigenvalue weighted by Gasteiger charge is 2.29. The maximum absolute atomic E-state index is 13.4. The van der Waals surface area contributed by atoms with Crippen LogP contribution in [0.4, 0.5) is 0 Å². The molecule has 0 aliphatic carbocycles. The Bertz CT molecular complexity index is 1200. The van der Waals surface area contributed by atoms with Crippen LogP contribution in [-0.2, 0) is 0 Å². The quantitative estimate of drug-likeness (QED) is 0.467. The summed E-state index contributed by atoms with van der Waals surface area (Å²) in [4.78, 5) is 20.0. The number of rotatable bonds is 3. The number of pyridine rings is 1. The van der Waals surface area contributed by atoms with E-state index < -0.39 is 0 Å². The molecule has 1 aromatic heterocycles. The first-order valence-corrected chi connectivity index (χ1v) is 9.94. The Morgan fingerprint density at radius 2 is 1.83 bits per heavy atom. The molecule has 144 valence electrons. The van der Waals surface area contributed by atoms with Gasteiger partial charge in [-0.2, -0.15) is 0 Å². The van der Waals surface area contributed by atoms with E-state index in [2.05, 4.69) is 29.2 Å². The smallest absolute Gasteiger partial charge is 0.256 e. The van der Waals surface area contributed by atoms with Crippen molar-refractivity contribution in [1.29, 1.82) is 0 Å². The van der Waals surface area contributed by atoms with Crippen LogP contribution >= 0.6 is 0 Å². The average molecular weight is 382 g/mol. The maximum Gasteiger partial charge on any atom is 0.256 e. The van der Waals surface area contributed by atoms with Gasteiger partial charge in [-0.15, -0.1) is 0 Å². The van der Waals surface area contributed by atoms with Gasteiger partial charge in [0.1, 0.15) is 5.75 Å². The molecule has 2 heterocycles. The summed E-state index contributed by atoms with van der Waals surface area (Å²) in [6.45, 7) is 1.49. The number of likely N-dealkylation sites (tertiary alicyclic amines) is 1. The summed E-state index contributed by atoms with van der Waals surface area (Å²) in [5.74, 6) is 1.27. The predicted molar refractivity (Wildman–Crippen MR) is 116 cm³/mol. The van der Waals surface area contributed by atoms with E-state index in [0.29, 0.717) is 11.5 Å². The van der Waals surface area contributed by atoms with Crippen molar-refractivity contribution in [3.8, 4) is 5.75 Å². The first-order chi connectivity index (χ1) is 14.2. The molecule has 0 saturated carbocycles. The third-order valence-corrected chi connectivity index (χ3v) is 5.91. The van der Waals surface area contributed by atoms with E-state index in [1.807, 2.05) is 47.4 Å². The Labute approximate surface area is 169 Å². The van der Waals surface area contributed by atoms with Crippen LogP contribution in [-0.4, -0.2) is 36.0 Å². The Kier molecular flexibility index (Phi) is 4.39. The highest BCUT2D eigenvalue weighted by molar-refractivity contribution is 6.15. The lowest BCUT2D eigenvalue weighted by Gasteiger charge is -2.18. The van der Waals surface area contributed by atoms with Gasteiger partial charge >= 0.3 is 0 Å². The van der Waals surface area contributed by atoms with Gasteiger partial charge in [-0.05, 0) is 47.0 Å². The molecule has 1 unspecified atom stereocenters. The van der Waals surface area contributed by atoms with Gasteiger partial charge in [-0.25, -0.2) is 0 Å². The average Bonchev–Trinajstić information content (AvgIpc) is 3.28. The van der Waals surface area contributed by atoms with Crippen molar-refractivity contribution in [2.75, 3.05) is 20.2 Å². The molecule has 1 amide bonds. The summed E-state index contributed by atoms with van der Waals surface area (Å²) in [6.07, 6.45) is 2.73. The molecule has 4 heteroatoms. The highest BCUT2D eigenvalue weighted by atomic mass is 16.5.